The zero-order chi connectivity index (χ0) is 16.2. The molecule has 23 heavy (non-hydrogen) atoms. The Bertz CT molecular complexity index is 543. The molecule has 0 bridgehead atoms. The number of benzene rings is 1. The quantitative estimate of drug-likeness (QED) is 0.836. The third kappa shape index (κ3) is 3.86. The summed E-state index contributed by atoms with van der Waals surface area (Å²) in [6, 6.07) is 9.18. The minimum Gasteiger partial charge on any atom is -0.377 e. The van der Waals surface area contributed by atoms with Crippen LogP contribution in [0.4, 0.5) is 5.69 Å². The molecule has 2 aliphatic heterocycles. The first kappa shape index (κ1) is 16.3. The number of hydrogen-bond acceptors (Lipinski definition) is 3. The second-order valence-electron chi connectivity index (χ2n) is 7.09. The molecule has 0 saturated carbocycles. The van der Waals surface area contributed by atoms with Crippen molar-refractivity contribution >= 4 is 11.6 Å². The second-order valence-corrected chi connectivity index (χ2v) is 7.09. The summed E-state index contributed by atoms with van der Waals surface area (Å²) < 4.78 is 0. The normalized spacial score (nSPS) is 22.6. The van der Waals surface area contributed by atoms with Gasteiger partial charge in [0.15, 0.2) is 0 Å². The van der Waals surface area contributed by atoms with Crippen molar-refractivity contribution < 1.29 is 4.79 Å². The van der Waals surface area contributed by atoms with E-state index in [4.69, 9.17) is 0 Å². The first-order valence-corrected chi connectivity index (χ1v) is 8.92. The second kappa shape index (κ2) is 7.35. The fourth-order valence-electron chi connectivity index (χ4n) is 3.93. The minimum atomic E-state index is 0.351. The predicted molar refractivity (Wildman–Crippen MR) is 94.6 cm³/mol. The lowest BCUT2D eigenvalue weighted by Crippen LogP contribution is -2.46. The molecule has 3 rings (SSSR count). The molecule has 2 fully saturated rings. The van der Waals surface area contributed by atoms with Gasteiger partial charge in [0.1, 0.15) is 0 Å². The summed E-state index contributed by atoms with van der Waals surface area (Å²) in [5.74, 6) is 0.351. The number of carbonyl (C=O) groups is 1. The van der Waals surface area contributed by atoms with E-state index in [1.807, 2.05) is 0 Å². The molecule has 0 radical (unpaired) electrons. The molecule has 4 heteroatoms. The van der Waals surface area contributed by atoms with Crippen LogP contribution < -0.4 is 4.90 Å². The lowest BCUT2D eigenvalue weighted by atomic mass is 10.00. The number of anilines is 1. The van der Waals surface area contributed by atoms with Crippen molar-refractivity contribution in [3.63, 3.8) is 0 Å². The smallest absolute Gasteiger partial charge is 0.222 e. The Morgan fingerprint density at radius 3 is 2.70 bits per heavy atom. The van der Waals surface area contributed by atoms with Gasteiger partial charge in [0.2, 0.25) is 5.91 Å². The van der Waals surface area contributed by atoms with Crippen LogP contribution in [-0.2, 0) is 11.3 Å². The number of amides is 1. The number of nitrogens with zero attached hydrogens (tertiary/aromatic N) is 3. The van der Waals surface area contributed by atoms with E-state index in [2.05, 4.69) is 53.1 Å². The predicted octanol–water partition coefficient (Wildman–Crippen LogP) is 2.73. The maximum Gasteiger partial charge on any atom is 0.222 e. The van der Waals surface area contributed by atoms with E-state index in [1.54, 1.807) is 0 Å². The molecule has 2 saturated heterocycles. The summed E-state index contributed by atoms with van der Waals surface area (Å²) in [6.45, 7) is 4.01. The molecule has 0 N–H and O–H groups in total. The van der Waals surface area contributed by atoms with E-state index in [-0.39, 0.29) is 0 Å². The summed E-state index contributed by atoms with van der Waals surface area (Å²) in [7, 11) is 4.21. The van der Waals surface area contributed by atoms with Crippen molar-refractivity contribution in [1.29, 1.82) is 0 Å². The summed E-state index contributed by atoms with van der Waals surface area (Å²) in [6.07, 6.45) is 5.56. The van der Waals surface area contributed by atoms with Gasteiger partial charge < -0.3 is 9.80 Å². The number of carbonyl (C=O) groups excluding carboxylic acids is 1. The SMILES string of the molecule is CN(C)c1ccccc1CN1CCCC[C@@H]1CN1CCCC1=O. The summed E-state index contributed by atoms with van der Waals surface area (Å²) in [5, 5.41) is 0. The first-order chi connectivity index (χ1) is 11.1. The van der Waals surface area contributed by atoms with Gasteiger partial charge in [-0.3, -0.25) is 9.69 Å². The summed E-state index contributed by atoms with van der Waals surface area (Å²) >= 11 is 0. The van der Waals surface area contributed by atoms with E-state index in [0.29, 0.717) is 11.9 Å². The van der Waals surface area contributed by atoms with Crippen LogP contribution in [0.1, 0.15) is 37.7 Å². The fourth-order valence-corrected chi connectivity index (χ4v) is 3.93. The molecule has 1 aromatic carbocycles. The Morgan fingerprint density at radius 1 is 1.13 bits per heavy atom. The van der Waals surface area contributed by atoms with Crippen molar-refractivity contribution in [3.05, 3.63) is 29.8 Å². The molecule has 126 valence electrons. The Morgan fingerprint density at radius 2 is 1.96 bits per heavy atom. The van der Waals surface area contributed by atoms with E-state index in [9.17, 15) is 4.79 Å². The van der Waals surface area contributed by atoms with Gasteiger partial charge >= 0.3 is 0 Å². The van der Waals surface area contributed by atoms with Crippen molar-refractivity contribution in [2.75, 3.05) is 38.6 Å². The standard InChI is InChI=1S/C19H29N3O/c1-20(2)18-10-4-3-8-16(18)14-21-12-6-5-9-17(21)15-22-13-7-11-19(22)23/h3-4,8,10,17H,5-7,9,11-15H2,1-2H3/t17-/m1/s1. The highest BCUT2D eigenvalue weighted by Gasteiger charge is 2.29. The van der Waals surface area contributed by atoms with Crippen LogP contribution in [0.25, 0.3) is 0 Å². The monoisotopic (exact) mass is 315 g/mol. The van der Waals surface area contributed by atoms with Crippen molar-refractivity contribution in [1.82, 2.24) is 9.80 Å². The highest BCUT2D eigenvalue weighted by molar-refractivity contribution is 5.78. The largest absolute Gasteiger partial charge is 0.377 e. The third-order valence-corrected chi connectivity index (χ3v) is 5.20. The van der Waals surface area contributed by atoms with Gasteiger partial charge in [-0.25, -0.2) is 0 Å². The molecule has 2 heterocycles. The maximum atomic E-state index is 12.0. The van der Waals surface area contributed by atoms with Gasteiger partial charge in [0.25, 0.3) is 0 Å². The van der Waals surface area contributed by atoms with Crippen LogP contribution in [0.2, 0.25) is 0 Å². The van der Waals surface area contributed by atoms with E-state index < -0.39 is 0 Å². The number of likely N-dealkylation sites (tertiary alicyclic amines) is 2. The van der Waals surface area contributed by atoms with E-state index in [0.717, 1.165) is 39.0 Å². The van der Waals surface area contributed by atoms with Crippen molar-refractivity contribution in [2.45, 2.75) is 44.7 Å². The van der Waals surface area contributed by atoms with E-state index in [1.165, 1.54) is 30.5 Å². The molecule has 1 aromatic rings. The third-order valence-electron chi connectivity index (χ3n) is 5.20. The van der Waals surface area contributed by atoms with Crippen molar-refractivity contribution in [3.8, 4) is 0 Å². The van der Waals surface area contributed by atoms with Crippen molar-refractivity contribution in [2.24, 2.45) is 0 Å². The average Bonchev–Trinajstić information content (AvgIpc) is 2.95. The van der Waals surface area contributed by atoms with Crippen LogP contribution in [-0.4, -0.2) is 55.5 Å². The molecule has 1 amide bonds. The number of piperidine rings is 1. The van der Waals surface area contributed by atoms with E-state index >= 15 is 0 Å². The summed E-state index contributed by atoms with van der Waals surface area (Å²) in [4.78, 5) is 18.8. The molecule has 0 unspecified atom stereocenters. The maximum absolute atomic E-state index is 12.0. The Hall–Kier alpha value is -1.55. The average molecular weight is 315 g/mol. The Balaban J connectivity index is 1.70. The molecular formula is C19H29N3O. The van der Waals surface area contributed by atoms with Crippen LogP contribution in [0.5, 0.6) is 0 Å². The molecule has 4 nitrogen and oxygen atoms in total. The molecular weight excluding hydrogens is 286 g/mol. The molecule has 1 atom stereocenters. The molecule has 0 aromatic heterocycles. The minimum absolute atomic E-state index is 0.351. The van der Waals surface area contributed by atoms with Crippen LogP contribution in [0, 0.1) is 0 Å². The van der Waals surface area contributed by atoms with Crippen LogP contribution in [0.3, 0.4) is 0 Å². The number of para-hydroxylation sites is 1. The zero-order valence-corrected chi connectivity index (χ0v) is 14.5. The Kier molecular flexibility index (Phi) is 5.21. The van der Waals surface area contributed by atoms with Gasteiger partial charge in [0.05, 0.1) is 0 Å². The molecule has 2 aliphatic rings. The summed E-state index contributed by atoms with van der Waals surface area (Å²) in [5.41, 5.74) is 2.69. The highest BCUT2D eigenvalue weighted by Crippen LogP contribution is 2.26. The van der Waals surface area contributed by atoms with Gasteiger partial charge in [-0.15, -0.1) is 0 Å². The number of rotatable bonds is 5. The highest BCUT2D eigenvalue weighted by atomic mass is 16.2. The van der Waals surface area contributed by atoms with Crippen LogP contribution in [0.15, 0.2) is 24.3 Å². The Labute approximate surface area is 140 Å². The topological polar surface area (TPSA) is 26.8 Å². The fraction of sp³-hybridized carbons (Fsp3) is 0.632. The van der Waals surface area contributed by atoms with Gasteiger partial charge in [-0.2, -0.15) is 0 Å². The zero-order valence-electron chi connectivity index (χ0n) is 14.5. The van der Waals surface area contributed by atoms with Gasteiger partial charge in [-0.05, 0) is 37.4 Å². The molecule has 0 aliphatic carbocycles. The lowest BCUT2D eigenvalue weighted by Gasteiger charge is -2.38. The number of hydrogen-bond donors (Lipinski definition) is 0. The van der Waals surface area contributed by atoms with Crippen LogP contribution >= 0.6 is 0 Å². The first-order valence-electron chi connectivity index (χ1n) is 8.92. The van der Waals surface area contributed by atoms with Gasteiger partial charge in [0, 0.05) is 51.9 Å². The van der Waals surface area contributed by atoms with Gasteiger partial charge in [-0.1, -0.05) is 24.6 Å². The lowest BCUT2D eigenvalue weighted by molar-refractivity contribution is -0.128. The molecule has 0 spiro atoms.